The van der Waals surface area contributed by atoms with E-state index in [1.807, 2.05) is 20.0 Å². The van der Waals surface area contributed by atoms with E-state index in [2.05, 4.69) is 11.9 Å². The Morgan fingerprint density at radius 3 is 3.00 bits per heavy atom. The number of hydrogen-bond donors (Lipinski definition) is 0. The van der Waals surface area contributed by atoms with Crippen LogP contribution in [0.5, 0.6) is 11.5 Å². The van der Waals surface area contributed by atoms with Gasteiger partial charge < -0.3 is 9.47 Å². The van der Waals surface area contributed by atoms with Gasteiger partial charge in [0.2, 0.25) is 0 Å². The number of aromatic nitrogens is 1. The molecule has 0 aliphatic carbocycles. The van der Waals surface area contributed by atoms with Crippen LogP contribution in [0.1, 0.15) is 31.5 Å². The fraction of sp³-hybridized carbons (Fsp3) is 0.583. The van der Waals surface area contributed by atoms with Crippen molar-refractivity contribution in [1.82, 2.24) is 4.98 Å². The van der Waals surface area contributed by atoms with E-state index < -0.39 is 0 Å². The van der Waals surface area contributed by atoms with Crippen LogP contribution in [0.4, 0.5) is 0 Å². The molecule has 3 nitrogen and oxygen atoms in total. The lowest BCUT2D eigenvalue weighted by Crippen LogP contribution is -2.27. The van der Waals surface area contributed by atoms with Crippen molar-refractivity contribution >= 4 is 0 Å². The molecular formula is C12H17NO2. The lowest BCUT2D eigenvalue weighted by Gasteiger charge is -2.26. The summed E-state index contributed by atoms with van der Waals surface area (Å²) in [4.78, 5) is 4.34. The Bertz CT molecular complexity index is 363. The molecule has 0 bridgehead atoms. The predicted octanol–water partition coefficient (Wildman–Crippen LogP) is 2.50. The van der Waals surface area contributed by atoms with Crippen LogP contribution in [0.25, 0.3) is 0 Å². The summed E-state index contributed by atoms with van der Waals surface area (Å²) in [7, 11) is 0. The number of ether oxygens (including phenoxy) is 2. The summed E-state index contributed by atoms with van der Waals surface area (Å²) >= 11 is 0. The van der Waals surface area contributed by atoms with Gasteiger partial charge in [0, 0.05) is 11.8 Å². The minimum atomic E-state index is 0.120. The Kier molecular flexibility index (Phi) is 2.80. The Hall–Kier alpha value is -1.25. The molecule has 0 spiro atoms. The van der Waals surface area contributed by atoms with Gasteiger partial charge in [-0.3, -0.25) is 4.98 Å². The van der Waals surface area contributed by atoms with E-state index in [0.29, 0.717) is 6.61 Å². The second-order valence-electron chi connectivity index (χ2n) is 4.02. The summed E-state index contributed by atoms with van der Waals surface area (Å²) in [6.07, 6.45) is 4.11. The smallest absolute Gasteiger partial charge is 0.183 e. The molecule has 0 fully saturated rings. The van der Waals surface area contributed by atoms with Crippen LogP contribution in [-0.4, -0.2) is 17.7 Å². The monoisotopic (exact) mass is 207 g/mol. The van der Waals surface area contributed by atoms with Crippen LogP contribution >= 0.6 is 0 Å². The molecule has 1 aliphatic rings. The zero-order valence-corrected chi connectivity index (χ0v) is 9.54. The second kappa shape index (κ2) is 4.09. The van der Waals surface area contributed by atoms with Crippen molar-refractivity contribution in [2.75, 3.05) is 6.61 Å². The normalized spacial score (nSPS) is 19.0. The summed E-state index contributed by atoms with van der Waals surface area (Å²) in [6.45, 7) is 6.75. The maximum Gasteiger partial charge on any atom is 0.183 e. The number of fused-ring (bicyclic) bond motifs is 1. The van der Waals surface area contributed by atoms with E-state index in [0.717, 1.165) is 35.6 Å². The van der Waals surface area contributed by atoms with E-state index in [4.69, 9.17) is 9.47 Å². The number of nitrogens with zero attached hydrogens (tertiary/aromatic N) is 1. The molecular weight excluding hydrogens is 190 g/mol. The molecule has 1 unspecified atom stereocenters. The molecule has 3 heteroatoms. The van der Waals surface area contributed by atoms with Gasteiger partial charge in [-0.25, -0.2) is 0 Å². The highest BCUT2D eigenvalue weighted by Gasteiger charge is 2.22. The maximum absolute atomic E-state index is 5.76. The first-order valence-corrected chi connectivity index (χ1v) is 5.50. The summed E-state index contributed by atoms with van der Waals surface area (Å²) in [6, 6.07) is 0. The van der Waals surface area contributed by atoms with Gasteiger partial charge in [-0.1, -0.05) is 13.3 Å². The largest absolute Gasteiger partial charge is 0.485 e. The van der Waals surface area contributed by atoms with Crippen LogP contribution in [0.3, 0.4) is 0 Å². The highest BCUT2D eigenvalue weighted by atomic mass is 16.6. The lowest BCUT2D eigenvalue weighted by molar-refractivity contribution is 0.101. The van der Waals surface area contributed by atoms with Gasteiger partial charge in [0.1, 0.15) is 12.7 Å². The van der Waals surface area contributed by atoms with Crippen molar-refractivity contribution in [3.63, 3.8) is 0 Å². The summed E-state index contributed by atoms with van der Waals surface area (Å²) in [5.41, 5.74) is 2.07. The van der Waals surface area contributed by atoms with Crippen molar-refractivity contribution in [1.29, 1.82) is 0 Å². The number of pyridine rings is 1. The summed E-state index contributed by atoms with van der Waals surface area (Å²) < 4.78 is 11.5. The standard InChI is InChI=1S/C12H17NO2/c1-4-5-10-6-13-9(3)11-12(10)14-7-8(2)15-11/h6,8H,4-5,7H2,1-3H3. The zero-order chi connectivity index (χ0) is 10.8. The molecule has 0 amide bonds. The Balaban J connectivity index is 2.41. The highest BCUT2D eigenvalue weighted by molar-refractivity contribution is 5.49. The molecule has 0 radical (unpaired) electrons. The first kappa shape index (κ1) is 10.3. The van der Waals surface area contributed by atoms with Gasteiger partial charge >= 0.3 is 0 Å². The van der Waals surface area contributed by atoms with Gasteiger partial charge in [-0.05, 0) is 20.3 Å². The first-order valence-electron chi connectivity index (χ1n) is 5.50. The minimum absolute atomic E-state index is 0.120. The topological polar surface area (TPSA) is 31.4 Å². The van der Waals surface area contributed by atoms with Gasteiger partial charge in [-0.15, -0.1) is 0 Å². The Morgan fingerprint density at radius 1 is 1.47 bits per heavy atom. The minimum Gasteiger partial charge on any atom is -0.485 e. The number of hydrogen-bond acceptors (Lipinski definition) is 3. The van der Waals surface area contributed by atoms with Crippen LogP contribution < -0.4 is 9.47 Å². The summed E-state index contributed by atoms with van der Waals surface area (Å²) in [5.74, 6) is 1.74. The fourth-order valence-electron chi connectivity index (χ4n) is 1.78. The maximum atomic E-state index is 5.76. The third kappa shape index (κ3) is 1.91. The third-order valence-corrected chi connectivity index (χ3v) is 2.54. The molecule has 1 aliphatic heterocycles. The molecule has 0 saturated heterocycles. The summed E-state index contributed by atoms with van der Waals surface area (Å²) in [5, 5.41) is 0. The average molecular weight is 207 g/mol. The molecule has 1 aromatic rings. The van der Waals surface area contributed by atoms with Crippen LogP contribution in [-0.2, 0) is 6.42 Å². The molecule has 0 saturated carbocycles. The lowest BCUT2D eigenvalue weighted by atomic mass is 10.1. The van der Waals surface area contributed by atoms with E-state index >= 15 is 0 Å². The van der Waals surface area contributed by atoms with E-state index in [9.17, 15) is 0 Å². The molecule has 1 aromatic heterocycles. The van der Waals surface area contributed by atoms with Crippen LogP contribution in [0.15, 0.2) is 6.20 Å². The van der Waals surface area contributed by atoms with Gasteiger partial charge in [0.05, 0.1) is 5.69 Å². The van der Waals surface area contributed by atoms with E-state index in [1.165, 1.54) is 0 Å². The number of aryl methyl sites for hydroxylation is 2. The SMILES string of the molecule is CCCc1cnc(C)c2c1OCC(C)O2. The highest BCUT2D eigenvalue weighted by Crippen LogP contribution is 2.37. The Labute approximate surface area is 90.4 Å². The predicted molar refractivity (Wildman–Crippen MR) is 58.6 cm³/mol. The van der Waals surface area contributed by atoms with Crippen molar-refractivity contribution in [2.24, 2.45) is 0 Å². The third-order valence-electron chi connectivity index (χ3n) is 2.54. The van der Waals surface area contributed by atoms with E-state index in [-0.39, 0.29) is 6.10 Å². The molecule has 82 valence electrons. The van der Waals surface area contributed by atoms with Gasteiger partial charge in [0.15, 0.2) is 11.5 Å². The average Bonchev–Trinajstić information content (AvgIpc) is 2.23. The van der Waals surface area contributed by atoms with Crippen molar-refractivity contribution in [2.45, 2.75) is 39.7 Å². The molecule has 15 heavy (non-hydrogen) atoms. The zero-order valence-electron chi connectivity index (χ0n) is 9.54. The van der Waals surface area contributed by atoms with Crippen LogP contribution in [0, 0.1) is 6.92 Å². The molecule has 2 rings (SSSR count). The molecule has 0 aromatic carbocycles. The van der Waals surface area contributed by atoms with Crippen molar-refractivity contribution < 1.29 is 9.47 Å². The van der Waals surface area contributed by atoms with Crippen molar-refractivity contribution in [3.05, 3.63) is 17.5 Å². The van der Waals surface area contributed by atoms with Gasteiger partial charge in [-0.2, -0.15) is 0 Å². The molecule has 0 N–H and O–H groups in total. The molecule has 2 heterocycles. The second-order valence-corrected chi connectivity index (χ2v) is 4.02. The van der Waals surface area contributed by atoms with Crippen molar-refractivity contribution in [3.8, 4) is 11.5 Å². The Morgan fingerprint density at radius 2 is 2.27 bits per heavy atom. The fourth-order valence-corrected chi connectivity index (χ4v) is 1.78. The van der Waals surface area contributed by atoms with Gasteiger partial charge in [0.25, 0.3) is 0 Å². The molecule has 1 atom stereocenters. The van der Waals surface area contributed by atoms with E-state index in [1.54, 1.807) is 0 Å². The van der Waals surface area contributed by atoms with Crippen LogP contribution in [0.2, 0.25) is 0 Å². The number of rotatable bonds is 2. The quantitative estimate of drug-likeness (QED) is 0.746. The first-order chi connectivity index (χ1) is 7.22.